The van der Waals surface area contributed by atoms with Crippen LogP contribution < -0.4 is 0 Å². The minimum absolute atomic E-state index is 0.0913. The predicted molar refractivity (Wildman–Crippen MR) is 88.7 cm³/mol. The highest BCUT2D eigenvalue weighted by Crippen LogP contribution is 2.45. The molecule has 0 radical (unpaired) electrons. The van der Waals surface area contributed by atoms with Crippen molar-refractivity contribution < 1.29 is 19.1 Å². The van der Waals surface area contributed by atoms with Crippen LogP contribution >= 0.6 is 0 Å². The van der Waals surface area contributed by atoms with Crippen molar-refractivity contribution in [1.29, 1.82) is 0 Å². The largest absolute Gasteiger partial charge is 0.466 e. The van der Waals surface area contributed by atoms with Gasteiger partial charge in [0.15, 0.2) is 0 Å². The van der Waals surface area contributed by atoms with Crippen LogP contribution in [0.3, 0.4) is 0 Å². The summed E-state index contributed by atoms with van der Waals surface area (Å²) < 4.78 is 10.3. The summed E-state index contributed by atoms with van der Waals surface area (Å²) in [6.07, 6.45) is 7.39. The molecule has 0 aromatic carbocycles. The van der Waals surface area contributed by atoms with Crippen molar-refractivity contribution in [2.45, 2.75) is 59.3 Å². The van der Waals surface area contributed by atoms with Crippen molar-refractivity contribution in [2.24, 2.45) is 11.8 Å². The van der Waals surface area contributed by atoms with Gasteiger partial charge in [0.2, 0.25) is 0 Å². The van der Waals surface area contributed by atoms with Crippen molar-refractivity contribution in [1.82, 2.24) is 0 Å². The normalized spacial score (nSPS) is 26.0. The first-order valence-corrected chi connectivity index (χ1v) is 8.79. The first-order valence-electron chi connectivity index (χ1n) is 8.79. The van der Waals surface area contributed by atoms with Crippen LogP contribution in [-0.2, 0) is 19.1 Å². The number of hydrogen-bond donors (Lipinski definition) is 0. The Morgan fingerprint density at radius 2 is 1.91 bits per heavy atom. The van der Waals surface area contributed by atoms with Crippen molar-refractivity contribution in [3.8, 4) is 0 Å². The van der Waals surface area contributed by atoms with Gasteiger partial charge in [0.1, 0.15) is 0 Å². The lowest BCUT2D eigenvalue weighted by atomic mass is 9.67. The summed E-state index contributed by atoms with van der Waals surface area (Å²) in [4.78, 5) is 24.0. The number of esters is 2. The van der Waals surface area contributed by atoms with E-state index in [1.54, 1.807) is 0 Å². The molecule has 4 heteroatoms. The minimum Gasteiger partial charge on any atom is -0.466 e. The summed E-state index contributed by atoms with van der Waals surface area (Å²) in [5, 5.41) is 0. The summed E-state index contributed by atoms with van der Waals surface area (Å²) in [7, 11) is 0. The first-order chi connectivity index (χ1) is 11.1. The molecule has 1 fully saturated rings. The Kier molecular flexibility index (Phi) is 6.43. The van der Waals surface area contributed by atoms with E-state index >= 15 is 0 Å². The van der Waals surface area contributed by atoms with E-state index in [4.69, 9.17) is 9.47 Å². The average Bonchev–Trinajstić information content (AvgIpc) is 2.55. The van der Waals surface area contributed by atoms with Crippen LogP contribution in [0.2, 0.25) is 0 Å². The summed E-state index contributed by atoms with van der Waals surface area (Å²) >= 11 is 0. The Labute approximate surface area is 138 Å². The maximum absolute atomic E-state index is 12.4. The number of fused-ring (bicyclic) bond motifs is 1. The van der Waals surface area contributed by atoms with Gasteiger partial charge in [0, 0.05) is 0 Å². The second-order valence-corrected chi connectivity index (χ2v) is 6.30. The topological polar surface area (TPSA) is 52.6 Å². The Balaban J connectivity index is 2.23. The van der Waals surface area contributed by atoms with Crippen LogP contribution in [0.25, 0.3) is 0 Å². The van der Waals surface area contributed by atoms with Crippen LogP contribution in [0, 0.1) is 11.8 Å². The SMILES string of the molecule is CCOC(=O)C/C=C1/C[C@H](C(=O)OCC)[C@@H]2CCCCC2=C1C. The average molecular weight is 320 g/mol. The molecule has 128 valence electrons. The van der Waals surface area contributed by atoms with Gasteiger partial charge >= 0.3 is 11.9 Å². The summed E-state index contributed by atoms with van der Waals surface area (Å²) in [6.45, 7) is 6.60. The maximum Gasteiger partial charge on any atom is 0.309 e. The lowest BCUT2D eigenvalue weighted by molar-refractivity contribution is -0.150. The van der Waals surface area contributed by atoms with E-state index in [1.165, 1.54) is 24.0 Å². The molecule has 2 aliphatic carbocycles. The molecule has 0 bridgehead atoms. The zero-order valence-corrected chi connectivity index (χ0v) is 14.5. The first kappa shape index (κ1) is 17.8. The molecule has 0 saturated heterocycles. The third-order valence-electron chi connectivity index (χ3n) is 4.96. The number of allylic oxidation sites excluding steroid dienone is 3. The molecule has 0 amide bonds. The third-order valence-corrected chi connectivity index (χ3v) is 4.96. The maximum atomic E-state index is 12.4. The smallest absolute Gasteiger partial charge is 0.309 e. The zero-order valence-electron chi connectivity index (χ0n) is 14.5. The fraction of sp³-hybridized carbons (Fsp3) is 0.684. The van der Waals surface area contributed by atoms with Crippen molar-refractivity contribution in [3.05, 3.63) is 22.8 Å². The van der Waals surface area contributed by atoms with Crippen LogP contribution in [0.5, 0.6) is 0 Å². The predicted octanol–water partition coefficient (Wildman–Crippen LogP) is 3.96. The second-order valence-electron chi connectivity index (χ2n) is 6.30. The van der Waals surface area contributed by atoms with E-state index in [1.807, 2.05) is 19.9 Å². The standard InChI is InChI=1S/C19H28O4/c1-4-22-18(20)11-10-14-12-17(19(21)23-5-2)16-9-7-6-8-15(16)13(14)3/h10,16-17H,4-9,11-12H2,1-3H3/b14-10-/t16-,17+/m1/s1. The van der Waals surface area contributed by atoms with Gasteiger partial charge in [0.25, 0.3) is 0 Å². The van der Waals surface area contributed by atoms with Crippen LogP contribution in [0.15, 0.2) is 22.8 Å². The van der Waals surface area contributed by atoms with Crippen LogP contribution in [0.4, 0.5) is 0 Å². The van der Waals surface area contributed by atoms with E-state index in [9.17, 15) is 9.59 Å². The molecule has 0 N–H and O–H groups in total. The lowest BCUT2D eigenvalue weighted by Gasteiger charge is -2.38. The van der Waals surface area contributed by atoms with Crippen LogP contribution in [-0.4, -0.2) is 25.2 Å². The summed E-state index contributed by atoms with van der Waals surface area (Å²) in [5.74, 6) is -0.0763. The fourth-order valence-electron chi connectivity index (χ4n) is 3.85. The van der Waals surface area contributed by atoms with Gasteiger partial charge in [-0.05, 0) is 63.5 Å². The lowest BCUT2D eigenvalue weighted by Crippen LogP contribution is -2.33. The molecule has 0 aromatic rings. The Bertz CT molecular complexity index is 515. The van der Waals surface area contributed by atoms with Gasteiger partial charge in [-0.15, -0.1) is 0 Å². The molecule has 0 unspecified atom stereocenters. The number of rotatable bonds is 5. The zero-order chi connectivity index (χ0) is 16.8. The number of carbonyl (C=O) groups is 2. The summed E-state index contributed by atoms with van der Waals surface area (Å²) in [6, 6.07) is 0. The monoisotopic (exact) mass is 320 g/mol. The van der Waals surface area contributed by atoms with E-state index in [2.05, 4.69) is 6.92 Å². The van der Waals surface area contributed by atoms with Crippen molar-refractivity contribution in [2.75, 3.05) is 13.2 Å². The molecule has 0 spiro atoms. The molecule has 4 nitrogen and oxygen atoms in total. The molecule has 1 saturated carbocycles. The molecular formula is C19H28O4. The number of carbonyl (C=O) groups excluding carboxylic acids is 2. The van der Waals surface area contributed by atoms with Gasteiger partial charge in [-0.2, -0.15) is 0 Å². The Morgan fingerprint density at radius 1 is 1.17 bits per heavy atom. The van der Waals surface area contributed by atoms with E-state index in [0.717, 1.165) is 18.4 Å². The molecular weight excluding hydrogens is 292 g/mol. The van der Waals surface area contributed by atoms with Gasteiger partial charge < -0.3 is 9.47 Å². The third kappa shape index (κ3) is 4.24. The van der Waals surface area contributed by atoms with Crippen molar-refractivity contribution in [3.63, 3.8) is 0 Å². The molecule has 23 heavy (non-hydrogen) atoms. The quantitative estimate of drug-likeness (QED) is 0.720. The highest BCUT2D eigenvalue weighted by molar-refractivity contribution is 5.75. The molecule has 2 atom stereocenters. The minimum atomic E-state index is -0.212. The number of hydrogen-bond acceptors (Lipinski definition) is 4. The fourth-order valence-corrected chi connectivity index (χ4v) is 3.85. The molecule has 2 rings (SSSR count). The molecule has 0 aromatic heterocycles. The second kappa shape index (κ2) is 8.32. The molecule has 0 aliphatic heterocycles. The Hall–Kier alpha value is -1.58. The van der Waals surface area contributed by atoms with E-state index in [-0.39, 0.29) is 24.3 Å². The van der Waals surface area contributed by atoms with E-state index < -0.39 is 0 Å². The van der Waals surface area contributed by atoms with Gasteiger partial charge in [-0.25, -0.2) is 0 Å². The van der Waals surface area contributed by atoms with Crippen molar-refractivity contribution >= 4 is 11.9 Å². The highest BCUT2D eigenvalue weighted by Gasteiger charge is 2.38. The number of ether oxygens (including phenoxy) is 2. The molecule has 0 heterocycles. The Morgan fingerprint density at radius 3 is 2.61 bits per heavy atom. The van der Waals surface area contributed by atoms with E-state index in [0.29, 0.717) is 25.6 Å². The van der Waals surface area contributed by atoms with Gasteiger partial charge in [0.05, 0.1) is 25.6 Å². The van der Waals surface area contributed by atoms with Gasteiger partial charge in [-0.1, -0.05) is 18.1 Å². The van der Waals surface area contributed by atoms with Crippen LogP contribution in [0.1, 0.15) is 59.3 Å². The van der Waals surface area contributed by atoms with Gasteiger partial charge in [-0.3, -0.25) is 9.59 Å². The highest BCUT2D eigenvalue weighted by atomic mass is 16.5. The molecule has 2 aliphatic rings. The summed E-state index contributed by atoms with van der Waals surface area (Å²) in [5.41, 5.74) is 3.79.